The van der Waals surface area contributed by atoms with Gasteiger partial charge in [-0.1, -0.05) is 30.3 Å². The van der Waals surface area contributed by atoms with Crippen LogP contribution >= 0.6 is 24.0 Å². The average molecular weight is 349 g/mol. The lowest BCUT2D eigenvalue weighted by molar-refractivity contribution is 0.576. The third kappa shape index (κ3) is 3.68. The second-order valence-corrected chi connectivity index (χ2v) is 6.23. The molecule has 0 saturated carbocycles. The number of H-pyrrole nitrogens is 1. The van der Waals surface area contributed by atoms with Gasteiger partial charge in [-0.3, -0.25) is 9.67 Å². The Morgan fingerprint density at radius 1 is 1.09 bits per heavy atom. The summed E-state index contributed by atoms with van der Waals surface area (Å²) in [5.41, 5.74) is 1.40. The minimum Gasteiger partial charge on any atom is -0.268 e. The summed E-state index contributed by atoms with van der Waals surface area (Å²) < 4.78 is 28.9. The van der Waals surface area contributed by atoms with E-state index in [1.54, 1.807) is 11.8 Å². The number of halogens is 2. The highest BCUT2D eigenvalue weighted by Gasteiger charge is 2.13. The maximum atomic E-state index is 14.0. The first-order chi connectivity index (χ1) is 11.1. The van der Waals surface area contributed by atoms with Crippen LogP contribution in [0.3, 0.4) is 0 Å². The van der Waals surface area contributed by atoms with Crippen LogP contribution in [-0.4, -0.2) is 14.8 Å². The first-order valence-electron chi connectivity index (χ1n) is 6.88. The van der Waals surface area contributed by atoms with Crippen LogP contribution in [-0.2, 0) is 11.5 Å². The Labute approximate surface area is 141 Å². The fourth-order valence-corrected chi connectivity index (χ4v) is 3.33. The lowest BCUT2D eigenvalue weighted by Gasteiger charge is -2.08. The maximum Gasteiger partial charge on any atom is 0.199 e. The number of hydrogen-bond donors (Lipinski definition) is 1. The number of nitrogens with zero attached hydrogens (tertiary/aromatic N) is 2. The second-order valence-electron chi connectivity index (χ2n) is 4.85. The summed E-state index contributed by atoms with van der Waals surface area (Å²) in [6.45, 7) is 0. The third-order valence-corrected chi connectivity index (χ3v) is 4.51. The highest BCUT2D eigenvalue weighted by Crippen LogP contribution is 2.21. The van der Waals surface area contributed by atoms with Crippen LogP contribution in [0.4, 0.5) is 8.78 Å². The van der Waals surface area contributed by atoms with Crippen molar-refractivity contribution in [3.8, 4) is 5.69 Å². The molecule has 3 aromatic rings. The Morgan fingerprint density at radius 3 is 2.61 bits per heavy atom. The number of aromatic amines is 1. The van der Waals surface area contributed by atoms with Crippen LogP contribution in [0, 0.1) is 16.4 Å². The van der Waals surface area contributed by atoms with Crippen LogP contribution in [0.2, 0.25) is 0 Å². The van der Waals surface area contributed by atoms with E-state index in [1.807, 2.05) is 30.3 Å². The topological polar surface area (TPSA) is 33.6 Å². The smallest absolute Gasteiger partial charge is 0.199 e. The van der Waals surface area contributed by atoms with Crippen LogP contribution in [0.25, 0.3) is 5.69 Å². The number of rotatable bonds is 5. The summed E-state index contributed by atoms with van der Waals surface area (Å²) in [6, 6.07) is 13.4. The van der Waals surface area contributed by atoms with Gasteiger partial charge in [0, 0.05) is 11.8 Å². The molecule has 118 valence electrons. The summed E-state index contributed by atoms with van der Waals surface area (Å²) in [7, 11) is 0. The molecule has 0 aliphatic heterocycles. The van der Waals surface area contributed by atoms with Crippen molar-refractivity contribution in [3.63, 3.8) is 0 Å². The molecule has 0 aliphatic carbocycles. The van der Waals surface area contributed by atoms with Crippen LogP contribution < -0.4 is 0 Å². The van der Waals surface area contributed by atoms with Crippen molar-refractivity contribution >= 4 is 24.0 Å². The molecule has 23 heavy (non-hydrogen) atoms. The molecule has 1 heterocycles. The average Bonchev–Trinajstić information content (AvgIpc) is 2.90. The molecule has 3 nitrogen and oxygen atoms in total. The normalized spacial score (nSPS) is 10.9. The molecule has 0 bridgehead atoms. The lowest BCUT2D eigenvalue weighted by Crippen LogP contribution is -2.03. The molecule has 7 heteroatoms. The fourth-order valence-electron chi connectivity index (χ4n) is 2.17. The molecule has 0 radical (unpaired) electrons. The van der Waals surface area contributed by atoms with Gasteiger partial charge in [-0.2, -0.15) is 5.10 Å². The van der Waals surface area contributed by atoms with Crippen LogP contribution in [0.15, 0.2) is 48.5 Å². The molecule has 0 aliphatic rings. The quantitative estimate of drug-likeness (QED) is 0.681. The lowest BCUT2D eigenvalue weighted by atomic mass is 10.2. The molecule has 0 spiro atoms. The van der Waals surface area contributed by atoms with Gasteiger partial charge in [0.05, 0.1) is 11.4 Å². The van der Waals surface area contributed by atoms with Gasteiger partial charge in [-0.05, 0) is 29.9 Å². The molecular weight excluding hydrogens is 336 g/mol. The van der Waals surface area contributed by atoms with Crippen molar-refractivity contribution < 1.29 is 8.78 Å². The first-order valence-corrected chi connectivity index (χ1v) is 8.45. The van der Waals surface area contributed by atoms with Crippen molar-refractivity contribution in [1.82, 2.24) is 14.8 Å². The number of thioether (sulfide) groups is 1. The van der Waals surface area contributed by atoms with Crippen molar-refractivity contribution in [2.75, 3.05) is 0 Å². The van der Waals surface area contributed by atoms with Gasteiger partial charge in [0.25, 0.3) is 0 Å². The summed E-state index contributed by atoms with van der Waals surface area (Å²) >= 11 is 6.81. The van der Waals surface area contributed by atoms with Gasteiger partial charge < -0.3 is 0 Å². The van der Waals surface area contributed by atoms with Crippen molar-refractivity contribution in [2.24, 2.45) is 0 Å². The molecule has 2 aromatic carbocycles. The molecule has 0 atom stereocenters. The van der Waals surface area contributed by atoms with E-state index in [9.17, 15) is 8.78 Å². The zero-order valence-corrected chi connectivity index (χ0v) is 13.6. The SMILES string of the molecule is Fc1ccc(-n2c(CSCc3ccccc3)n[nH]c2=S)c(F)c1. The van der Waals surface area contributed by atoms with Gasteiger partial charge in [0.1, 0.15) is 17.5 Å². The molecule has 0 fully saturated rings. The summed E-state index contributed by atoms with van der Waals surface area (Å²) in [6.07, 6.45) is 0. The van der Waals surface area contributed by atoms with Gasteiger partial charge >= 0.3 is 0 Å². The largest absolute Gasteiger partial charge is 0.268 e. The third-order valence-electron chi connectivity index (χ3n) is 3.24. The Balaban J connectivity index is 1.80. The van der Waals surface area contributed by atoms with Crippen molar-refractivity contribution in [3.05, 3.63) is 76.3 Å². The van der Waals surface area contributed by atoms with Crippen molar-refractivity contribution in [2.45, 2.75) is 11.5 Å². The van der Waals surface area contributed by atoms with Gasteiger partial charge in [-0.25, -0.2) is 8.78 Å². The van der Waals surface area contributed by atoms with E-state index < -0.39 is 11.6 Å². The van der Waals surface area contributed by atoms with E-state index in [4.69, 9.17) is 12.2 Å². The molecule has 3 rings (SSSR count). The predicted molar refractivity (Wildman–Crippen MR) is 90.1 cm³/mol. The summed E-state index contributed by atoms with van der Waals surface area (Å²) in [4.78, 5) is 0. The van der Waals surface area contributed by atoms with E-state index in [1.165, 1.54) is 22.3 Å². The Bertz CT molecular complexity index is 859. The van der Waals surface area contributed by atoms with Gasteiger partial charge in [0.2, 0.25) is 0 Å². The fraction of sp³-hybridized carbons (Fsp3) is 0.125. The standard InChI is InChI=1S/C16H13F2N3S2/c17-12-6-7-14(13(18)8-12)21-15(19-20-16(21)22)10-23-9-11-4-2-1-3-5-11/h1-8H,9-10H2,(H,20,22). The van der Waals surface area contributed by atoms with E-state index in [0.29, 0.717) is 11.6 Å². The molecule has 0 unspecified atom stereocenters. The minimum absolute atomic E-state index is 0.195. The van der Waals surface area contributed by atoms with E-state index in [0.717, 1.165) is 11.8 Å². The molecule has 0 saturated heterocycles. The van der Waals surface area contributed by atoms with E-state index >= 15 is 0 Å². The highest BCUT2D eigenvalue weighted by molar-refractivity contribution is 7.97. The zero-order chi connectivity index (χ0) is 16.2. The minimum atomic E-state index is -0.670. The van der Waals surface area contributed by atoms with E-state index in [2.05, 4.69) is 10.2 Å². The van der Waals surface area contributed by atoms with Crippen LogP contribution in [0.5, 0.6) is 0 Å². The predicted octanol–water partition coefficient (Wildman–Crippen LogP) is 4.64. The number of benzene rings is 2. The first kappa shape index (κ1) is 15.9. The molecule has 1 aromatic heterocycles. The van der Waals surface area contributed by atoms with Gasteiger partial charge in [-0.15, -0.1) is 11.8 Å². The number of aromatic nitrogens is 3. The molecular formula is C16H13F2N3S2. The zero-order valence-electron chi connectivity index (χ0n) is 12.0. The summed E-state index contributed by atoms with van der Waals surface area (Å²) in [5, 5.41) is 6.82. The van der Waals surface area contributed by atoms with E-state index in [-0.39, 0.29) is 10.5 Å². The second kappa shape index (κ2) is 7.06. The number of hydrogen-bond acceptors (Lipinski definition) is 3. The van der Waals surface area contributed by atoms with Crippen LogP contribution in [0.1, 0.15) is 11.4 Å². The highest BCUT2D eigenvalue weighted by atomic mass is 32.2. The monoisotopic (exact) mass is 349 g/mol. The maximum absolute atomic E-state index is 14.0. The van der Waals surface area contributed by atoms with Gasteiger partial charge in [0.15, 0.2) is 4.77 Å². The Kier molecular flexibility index (Phi) is 4.88. The molecule has 0 amide bonds. The molecule has 1 N–H and O–H groups in total. The number of nitrogens with one attached hydrogen (secondary N) is 1. The Morgan fingerprint density at radius 2 is 1.87 bits per heavy atom. The van der Waals surface area contributed by atoms with Crippen molar-refractivity contribution in [1.29, 1.82) is 0 Å². The Hall–Kier alpha value is -1.99. The summed E-state index contributed by atoms with van der Waals surface area (Å²) in [5.74, 6) is 0.671.